The lowest BCUT2D eigenvalue weighted by molar-refractivity contribution is 0.511. The molecule has 0 fully saturated rings. The average Bonchev–Trinajstić information content (AvgIpc) is 1.84. The van der Waals surface area contributed by atoms with E-state index in [2.05, 4.69) is 27.4 Å². The maximum atomic E-state index is 5.76. The molecule has 2 N–H and O–H groups in total. The summed E-state index contributed by atoms with van der Waals surface area (Å²) in [5.74, 6) is 0. The maximum absolute atomic E-state index is 5.76. The van der Waals surface area contributed by atoms with Crippen molar-refractivity contribution in [3.63, 3.8) is 0 Å². The Bertz CT molecular complexity index is 210. The topological polar surface area (TPSA) is 26.0 Å². The molecular formula is C11H19N. The fourth-order valence-corrected chi connectivity index (χ4v) is 1.14. The summed E-state index contributed by atoms with van der Waals surface area (Å²) < 4.78 is 0. The third kappa shape index (κ3) is 3.42. The molecule has 0 saturated carbocycles. The number of hydrogen-bond acceptors (Lipinski definition) is 1. The molecule has 0 bridgehead atoms. The zero-order chi connectivity index (χ0) is 9.78. The van der Waals surface area contributed by atoms with Gasteiger partial charge in [0.2, 0.25) is 0 Å². The maximum Gasteiger partial charge on any atom is 0.00868 e. The first-order valence-corrected chi connectivity index (χ1v) is 4.15. The first-order chi connectivity index (χ1) is 5.39. The SMILES string of the molecule is C=C/C=C\C(=C(/C)N)C(C)(C)C. The van der Waals surface area contributed by atoms with Crippen LogP contribution in [0.15, 0.2) is 36.1 Å². The van der Waals surface area contributed by atoms with Crippen molar-refractivity contribution in [1.82, 2.24) is 0 Å². The van der Waals surface area contributed by atoms with Crippen molar-refractivity contribution in [1.29, 1.82) is 0 Å². The minimum Gasteiger partial charge on any atom is -0.402 e. The molecule has 0 unspecified atom stereocenters. The Hall–Kier alpha value is -0.980. The van der Waals surface area contributed by atoms with Crippen LogP contribution >= 0.6 is 0 Å². The van der Waals surface area contributed by atoms with Gasteiger partial charge in [-0.2, -0.15) is 0 Å². The molecule has 0 rings (SSSR count). The van der Waals surface area contributed by atoms with E-state index in [0.29, 0.717) is 0 Å². The number of allylic oxidation sites excluding steroid dienone is 5. The Balaban J connectivity index is 4.84. The highest BCUT2D eigenvalue weighted by Gasteiger charge is 2.15. The minimum absolute atomic E-state index is 0.109. The van der Waals surface area contributed by atoms with Crippen LogP contribution in [0.4, 0.5) is 0 Å². The quantitative estimate of drug-likeness (QED) is 0.625. The van der Waals surface area contributed by atoms with Gasteiger partial charge in [-0.1, -0.05) is 45.6 Å². The summed E-state index contributed by atoms with van der Waals surface area (Å²) in [5.41, 5.74) is 7.91. The predicted molar refractivity (Wildman–Crippen MR) is 55.7 cm³/mol. The van der Waals surface area contributed by atoms with Gasteiger partial charge in [0.25, 0.3) is 0 Å². The molecule has 0 radical (unpaired) electrons. The van der Waals surface area contributed by atoms with E-state index >= 15 is 0 Å². The lowest BCUT2D eigenvalue weighted by Gasteiger charge is -2.21. The molecule has 0 atom stereocenters. The molecule has 68 valence electrons. The summed E-state index contributed by atoms with van der Waals surface area (Å²) in [6, 6.07) is 0. The van der Waals surface area contributed by atoms with Gasteiger partial charge in [-0.3, -0.25) is 0 Å². The number of hydrogen-bond donors (Lipinski definition) is 1. The van der Waals surface area contributed by atoms with Crippen molar-refractivity contribution in [2.24, 2.45) is 11.1 Å². The van der Waals surface area contributed by atoms with Crippen LogP contribution in [0.25, 0.3) is 0 Å². The summed E-state index contributed by atoms with van der Waals surface area (Å²) >= 11 is 0. The van der Waals surface area contributed by atoms with Gasteiger partial charge in [0.15, 0.2) is 0 Å². The summed E-state index contributed by atoms with van der Waals surface area (Å²) in [4.78, 5) is 0. The van der Waals surface area contributed by atoms with Gasteiger partial charge in [0.1, 0.15) is 0 Å². The highest BCUT2D eigenvalue weighted by atomic mass is 14.6. The summed E-state index contributed by atoms with van der Waals surface area (Å²) in [5, 5.41) is 0. The molecule has 0 aromatic carbocycles. The number of nitrogens with two attached hydrogens (primary N) is 1. The van der Waals surface area contributed by atoms with Crippen molar-refractivity contribution in [3.05, 3.63) is 36.1 Å². The van der Waals surface area contributed by atoms with Crippen molar-refractivity contribution < 1.29 is 0 Å². The zero-order valence-electron chi connectivity index (χ0n) is 8.52. The molecule has 1 heteroatoms. The molecule has 0 spiro atoms. The van der Waals surface area contributed by atoms with E-state index in [9.17, 15) is 0 Å². The highest BCUT2D eigenvalue weighted by molar-refractivity contribution is 5.29. The van der Waals surface area contributed by atoms with E-state index in [0.717, 1.165) is 5.70 Å². The largest absolute Gasteiger partial charge is 0.402 e. The predicted octanol–water partition coefficient (Wildman–Crippen LogP) is 3.01. The molecule has 0 heterocycles. The van der Waals surface area contributed by atoms with Crippen molar-refractivity contribution in [2.45, 2.75) is 27.7 Å². The van der Waals surface area contributed by atoms with E-state index in [4.69, 9.17) is 5.73 Å². The smallest absolute Gasteiger partial charge is 0.00868 e. The third-order valence-corrected chi connectivity index (χ3v) is 1.63. The van der Waals surface area contributed by atoms with E-state index in [1.165, 1.54) is 5.57 Å². The lowest BCUT2D eigenvalue weighted by Crippen LogP contribution is -2.12. The van der Waals surface area contributed by atoms with Crippen LogP contribution in [-0.2, 0) is 0 Å². The van der Waals surface area contributed by atoms with E-state index in [1.807, 2.05) is 19.1 Å². The summed E-state index contributed by atoms with van der Waals surface area (Å²) in [6.07, 6.45) is 5.69. The Labute approximate surface area is 75.7 Å². The van der Waals surface area contributed by atoms with Gasteiger partial charge < -0.3 is 5.73 Å². The van der Waals surface area contributed by atoms with Crippen LogP contribution in [0, 0.1) is 5.41 Å². The van der Waals surface area contributed by atoms with Crippen LogP contribution in [0.5, 0.6) is 0 Å². The first kappa shape index (κ1) is 11.0. The summed E-state index contributed by atoms with van der Waals surface area (Å²) in [7, 11) is 0. The first-order valence-electron chi connectivity index (χ1n) is 4.15. The lowest BCUT2D eigenvalue weighted by atomic mass is 9.85. The standard InChI is InChI=1S/C11H19N/c1-6-7-8-10(9(2)12)11(3,4)5/h6-8H,1,12H2,2-5H3/b8-7-,10-9-. The van der Waals surface area contributed by atoms with Crippen LogP contribution in [0.1, 0.15) is 27.7 Å². The Morgan fingerprint density at radius 3 is 2.08 bits per heavy atom. The zero-order valence-corrected chi connectivity index (χ0v) is 8.52. The van der Waals surface area contributed by atoms with E-state index < -0.39 is 0 Å². The van der Waals surface area contributed by atoms with Crippen LogP contribution in [-0.4, -0.2) is 0 Å². The Morgan fingerprint density at radius 2 is 1.83 bits per heavy atom. The van der Waals surface area contributed by atoms with Crippen molar-refractivity contribution >= 4 is 0 Å². The molecule has 0 aromatic rings. The highest BCUT2D eigenvalue weighted by Crippen LogP contribution is 2.27. The molecule has 1 nitrogen and oxygen atoms in total. The molecular weight excluding hydrogens is 146 g/mol. The van der Waals surface area contributed by atoms with E-state index in [1.54, 1.807) is 6.08 Å². The molecule has 0 aliphatic rings. The average molecular weight is 165 g/mol. The Morgan fingerprint density at radius 1 is 1.33 bits per heavy atom. The van der Waals surface area contributed by atoms with Gasteiger partial charge in [0, 0.05) is 5.70 Å². The van der Waals surface area contributed by atoms with Crippen molar-refractivity contribution in [3.8, 4) is 0 Å². The second-order valence-electron chi connectivity index (χ2n) is 3.94. The molecule has 0 saturated heterocycles. The second-order valence-corrected chi connectivity index (χ2v) is 3.94. The van der Waals surface area contributed by atoms with Gasteiger partial charge >= 0.3 is 0 Å². The molecule has 12 heavy (non-hydrogen) atoms. The molecule has 0 aromatic heterocycles. The van der Waals surface area contributed by atoms with E-state index in [-0.39, 0.29) is 5.41 Å². The van der Waals surface area contributed by atoms with Crippen LogP contribution in [0.2, 0.25) is 0 Å². The monoisotopic (exact) mass is 165 g/mol. The molecule has 0 aliphatic heterocycles. The summed E-state index contributed by atoms with van der Waals surface area (Å²) in [6.45, 7) is 12.0. The second kappa shape index (κ2) is 4.15. The van der Waals surface area contributed by atoms with Gasteiger partial charge in [-0.25, -0.2) is 0 Å². The van der Waals surface area contributed by atoms with Crippen LogP contribution < -0.4 is 5.73 Å². The normalized spacial score (nSPS) is 14.7. The fraction of sp³-hybridized carbons (Fsp3) is 0.455. The van der Waals surface area contributed by atoms with Gasteiger partial charge in [-0.15, -0.1) is 0 Å². The fourth-order valence-electron chi connectivity index (χ4n) is 1.14. The molecule has 0 amide bonds. The van der Waals surface area contributed by atoms with Crippen molar-refractivity contribution in [2.75, 3.05) is 0 Å². The van der Waals surface area contributed by atoms with Gasteiger partial charge in [-0.05, 0) is 17.9 Å². The minimum atomic E-state index is 0.109. The molecule has 0 aliphatic carbocycles. The Kier molecular flexibility index (Phi) is 3.81. The third-order valence-electron chi connectivity index (χ3n) is 1.63. The number of rotatable bonds is 2. The van der Waals surface area contributed by atoms with Gasteiger partial charge in [0.05, 0.1) is 0 Å². The van der Waals surface area contributed by atoms with Crippen LogP contribution in [0.3, 0.4) is 0 Å².